The van der Waals surface area contributed by atoms with Crippen LogP contribution in [0.5, 0.6) is 0 Å². The molecule has 1 saturated heterocycles. The molecule has 5 rings (SSSR count). The fourth-order valence-electron chi connectivity index (χ4n) is 4.98. The minimum Gasteiger partial charge on any atom is -0.480 e. The van der Waals surface area contributed by atoms with Crippen molar-refractivity contribution in [3.63, 3.8) is 0 Å². The molecule has 2 aliphatic rings. The predicted molar refractivity (Wildman–Crippen MR) is 128 cm³/mol. The molecule has 0 bridgehead atoms. The Morgan fingerprint density at radius 3 is 2.40 bits per heavy atom. The zero-order chi connectivity index (χ0) is 24.4. The normalized spacial score (nSPS) is 16.9. The first-order valence-electron chi connectivity index (χ1n) is 11.7. The van der Waals surface area contributed by atoms with E-state index in [1.165, 1.54) is 22.0 Å². The molecule has 1 aromatic heterocycles. The summed E-state index contributed by atoms with van der Waals surface area (Å²) in [7, 11) is 0. The van der Waals surface area contributed by atoms with E-state index in [0.717, 1.165) is 35.1 Å². The van der Waals surface area contributed by atoms with Crippen LogP contribution in [-0.4, -0.2) is 57.0 Å². The summed E-state index contributed by atoms with van der Waals surface area (Å²) in [6.45, 7) is 0.510. The van der Waals surface area contributed by atoms with Crippen LogP contribution in [0.3, 0.4) is 0 Å². The number of likely N-dealkylation sites (tertiary alicyclic amines) is 1. The number of fused-ring (bicyclic) bond motifs is 3. The Bertz CT molecular complexity index is 1220. The van der Waals surface area contributed by atoms with Crippen LogP contribution in [0.25, 0.3) is 11.1 Å². The standard InChI is InChI=1S/C26H26N4O5/c31-24(30-12-6-5-11-23(30)25(32)33)15-29-14-17(13-27-29)28-26(34)35-16-22-20-9-3-1-7-18(20)19-8-2-4-10-21(19)22/h1-4,7-10,13-14,22-23H,5-6,11-12,15-16H2,(H,28,34)(H,32,33)/t23-/m1/s1. The van der Waals surface area contributed by atoms with Crippen LogP contribution < -0.4 is 5.32 Å². The number of ether oxygens (including phenoxy) is 1. The van der Waals surface area contributed by atoms with E-state index in [9.17, 15) is 19.5 Å². The van der Waals surface area contributed by atoms with Gasteiger partial charge in [0, 0.05) is 18.7 Å². The monoisotopic (exact) mass is 474 g/mol. The first kappa shape index (κ1) is 22.6. The Hall–Kier alpha value is -4.14. The van der Waals surface area contributed by atoms with Gasteiger partial charge in [-0.1, -0.05) is 48.5 Å². The lowest BCUT2D eigenvalue weighted by atomic mass is 9.98. The van der Waals surface area contributed by atoms with E-state index in [4.69, 9.17) is 4.74 Å². The first-order valence-corrected chi connectivity index (χ1v) is 11.7. The van der Waals surface area contributed by atoms with Crippen molar-refractivity contribution in [2.45, 2.75) is 37.8 Å². The molecule has 2 amide bonds. The van der Waals surface area contributed by atoms with Crippen LogP contribution in [0.2, 0.25) is 0 Å². The molecule has 0 spiro atoms. The number of hydrogen-bond acceptors (Lipinski definition) is 5. The fraction of sp³-hybridized carbons (Fsp3) is 0.308. The number of rotatable bonds is 6. The van der Waals surface area contributed by atoms with Crippen molar-refractivity contribution in [3.8, 4) is 11.1 Å². The van der Waals surface area contributed by atoms with Gasteiger partial charge in [-0.3, -0.25) is 14.8 Å². The molecule has 1 atom stereocenters. The van der Waals surface area contributed by atoms with Gasteiger partial charge in [-0.2, -0.15) is 5.10 Å². The zero-order valence-corrected chi connectivity index (χ0v) is 19.1. The molecule has 0 unspecified atom stereocenters. The molecule has 1 fully saturated rings. The molecule has 1 aliphatic heterocycles. The third kappa shape index (κ3) is 4.62. The van der Waals surface area contributed by atoms with Crippen molar-refractivity contribution >= 4 is 23.7 Å². The highest BCUT2D eigenvalue weighted by molar-refractivity contribution is 5.85. The summed E-state index contributed by atoms with van der Waals surface area (Å²) < 4.78 is 6.93. The van der Waals surface area contributed by atoms with Gasteiger partial charge in [0.25, 0.3) is 0 Å². The minimum atomic E-state index is -0.990. The van der Waals surface area contributed by atoms with Crippen LogP contribution in [-0.2, 0) is 20.9 Å². The van der Waals surface area contributed by atoms with Gasteiger partial charge >= 0.3 is 12.1 Å². The molecule has 3 aromatic rings. The summed E-state index contributed by atoms with van der Waals surface area (Å²) in [5.41, 5.74) is 4.96. The van der Waals surface area contributed by atoms with Crippen LogP contribution in [0, 0.1) is 0 Å². The third-order valence-electron chi connectivity index (χ3n) is 6.63. The van der Waals surface area contributed by atoms with Gasteiger partial charge in [-0.15, -0.1) is 0 Å². The topological polar surface area (TPSA) is 114 Å². The number of nitrogens with one attached hydrogen (secondary N) is 1. The number of aromatic nitrogens is 2. The minimum absolute atomic E-state index is 0.0415. The van der Waals surface area contributed by atoms with Crippen LogP contribution in [0.1, 0.15) is 36.3 Å². The predicted octanol–water partition coefficient (Wildman–Crippen LogP) is 3.71. The summed E-state index contributed by atoms with van der Waals surface area (Å²) in [4.78, 5) is 38.0. The maximum Gasteiger partial charge on any atom is 0.411 e. The first-order chi connectivity index (χ1) is 17.0. The number of anilines is 1. The van der Waals surface area contributed by atoms with Gasteiger partial charge in [-0.05, 0) is 41.5 Å². The Labute approximate surface area is 202 Å². The molecule has 2 heterocycles. The number of aliphatic carboxylic acids is 1. The van der Waals surface area contributed by atoms with E-state index in [-0.39, 0.29) is 25.0 Å². The van der Waals surface area contributed by atoms with Crippen LogP contribution in [0.15, 0.2) is 60.9 Å². The third-order valence-corrected chi connectivity index (χ3v) is 6.63. The Balaban J connectivity index is 1.18. The Morgan fingerprint density at radius 2 is 1.71 bits per heavy atom. The second kappa shape index (κ2) is 9.61. The number of benzene rings is 2. The molecule has 2 N–H and O–H groups in total. The van der Waals surface area contributed by atoms with E-state index in [1.807, 2.05) is 24.3 Å². The number of amides is 2. The van der Waals surface area contributed by atoms with Crippen molar-refractivity contribution in [3.05, 3.63) is 72.1 Å². The van der Waals surface area contributed by atoms with E-state index in [1.54, 1.807) is 0 Å². The average Bonchev–Trinajstić information content (AvgIpc) is 3.44. The molecule has 9 heteroatoms. The molecule has 0 saturated carbocycles. The number of carboxylic acids is 1. The lowest BCUT2D eigenvalue weighted by molar-refractivity contribution is -0.152. The molecular weight excluding hydrogens is 448 g/mol. The highest BCUT2D eigenvalue weighted by Crippen LogP contribution is 2.44. The van der Waals surface area contributed by atoms with E-state index in [2.05, 4.69) is 34.7 Å². The second-order valence-electron chi connectivity index (χ2n) is 8.81. The number of carbonyl (C=O) groups is 3. The number of carboxylic acid groups (broad SMARTS) is 1. The Morgan fingerprint density at radius 1 is 1.03 bits per heavy atom. The largest absolute Gasteiger partial charge is 0.480 e. The number of piperidine rings is 1. The van der Waals surface area contributed by atoms with Crippen molar-refractivity contribution in [2.75, 3.05) is 18.5 Å². The van der Waals surface area contributed by atoms with Crippen LogP contribution >= 0.6 is 0 Å². The smallest absolute Gasteiger partial charge is 0.411 e. The highest BCUT2D eigenvalue weighted by atomic mass is 16.5. The van der Waals surface area contributed by atoms with Gasteiger partial charge in [0.1, 0.15) is 19.2 Å². The summed E-state index contributed by atoms with van der Waals surface area (Å²) in [5.74, 6) is -1.34. The average molecular weight is 475 g/mol. The van der Waals surface area contributed by atoms with E-state index < -0.39 is 18.1 Å². The van der Waals surface area contributed by atoms with Gasteiger partial charge in [0.2, 0.25) is 5.91 Å². The molecular formula is C26H26N4O5. The summed E-state index contributed by atoms with van der Waals surface area (Å²) in [6, 6.07) is 15.4. The van der Waals surface area contributed by atoms with Gasteiger partial charge in [0.05, 0.1) is 11.9 Å². The molecule has 0 radical (unpaired) electrons. The van der Waals surface area contributed by atoms with Crippen molar-refractivity contribution in [1.29, 1.82) is 0 Å². The van der Waals surface area contributed by atoms with E-state index in [0.29, 0.717) is 18.7 Å². The van der Waals surface area contributed by atoms with Crippen LogP contribution in [0.4, 0.5) is 10.5 Å². The SMILES string of the molecule is O=C(Nc1cnn(CC(=O)N2CCCC[C@@H]2C(=O)O)c1)OCC1c2ccccc2-c2ccccc21. The molecule has 180 valence electrons. The number of nitrogens with zero attached hydrogens (tertiary/aromatic N) is 3. The fourth-order valence-corrected chi connectivity index (χ4v) is 4.98. The number of hydrogen-bond donors (Lipinski definition) is 2. The summed E-state index contributed by atoms with van der Waals surface area (Å²) in [5, 5.41) is 16.2. The summed E-state index contributed by atoms with van der Waals surface area (Å²) >= 11 is 0. The van der Waals surface area contributed by atoms with Gasteiger partial charge < -0.3 is 14.7 Å². The maximum absolute atomic E-state index is 12.7. The molecule has 9 nitrogen and oxygen atoms in total. The van der Waals surface area contributed by atoms with E-state index >= 15 is 0 Å². The van der Waals surface area contributed by atoms with Gasteiger partial charge in [0.15, 0.2) is 0 Å². The number of carbonyl (C=O) groups excluding carboxylic acids is 2. The molecule has 35 heavy (non-hydrogen) atoms. The summed E-state index contributed by atoms with van der Waals surface area (Å²) in [6.07, 6.45) is 4.37. The lowest BCUT2D eigenvalue weighted by Crippen LogP contribution is -2.49. The lowest BCUT2D eigenvalue weighted by Gasteiger charge is -2.32. The second-order valence-corrected chi connectivity index (χ2v) is 8.81. The molecule has 1 aliphatic carbocycles. The van der Waals surface area contributed by atoms with Gasteiger partial charge in [-0.25, -0.2) is 9.59 Å². The maximum atomic E-state index is 12.7. The Kier molecular flexibility index (Phi) is 6.22. The quantitative estimate of drug-likeness (QED) is 0.563. The van der Waals surface area contributed by atoms with Crippen molar-refractivity contribution in [2.24, 2.45) is 0 Å². The molecule has 2 aromatic carbocycles. The highest BCUT2D eigenvalue weighted by Gasteiger charge is 2.32. The van der Waals surface area contributed by atoms with Crippen molar-refractivity contribution in [1.82, 2.24) is 14.7 Å². The zero-order valence-electron chi connectivity index (χ0n) is 19.1. The van der Waals surface area contributed by atoms with Crippen molar-refractivity contribution < 1.29 is 24.2 Å².